The Morgan fingerprint density at radius 1 is 1.23 bits per heavy atom. The lowest BCUT2D eigenvalue weighted by Gasteiger charge is -2.48. The van der Waals surface area contributed by atoms with Crippen LogP contribution < -0.4 is 10.1 Å². The van der Waals surface area contributed by atoms with Crippen LogP contribution in [0.4, 0.5) is 5.69 Å². The summed E-state index contributed by atoms with van der Waals surface area (Å²) in [6.45, 7) is 9.06. The molecule has 3 bridgehead atoms. The first-order valence-electron chi connectivity index (χ1n) is 13.9. The van der Waals surface area contributed by atoms with Gasteiger partial charge in [-0.25, -0.2) is 4.79 Å². The van der Waals surface area contributed by atoms with Gasteiger partial charge in [-0.15, -0.1) is 0 Å². The fourth-order valence-corrected chi connectivity index (χ4v) is 5.32. The van der Waals surface area contributed by atoms with Crippen LogP contribution in [-0.4, -0.2) is 45.9 Å². The number of Topliss-reactive ketones (excluding diaryl/α,β-unsaturated/α-hetero) is 1. The highest BCUT2D eigenvalue weighted by atomic mass is 16.7. The first-order chi connectivity index (χ1) is 18.9. The number of phenolic OH excluding ortho intramolecular Hbond substituents is 1. The molecule has 1 amide bonds. The molecule has 6 atom stereocenters. The number of cyclic esters (lactones) is 1. The number of anilines is 1. The molecule has 9 heteroatoms. The molecule has 1 aromatic carbocycles. The lowest BCUT2D eigenvalue weighted by molar-refractivity contribution is -0.261. The van der Waals surface area contributed by atoms with E-state index in [1.54, 1.807) is 26.0 Å². The average Bonchev–Trinajstić information content (AvgIpc) is 2.89. The molecule has 1 aromatic rings. The Bertz CT molecular complexity index is 1260. The van der Waals surface area contributed by atoms with Gasteiger partial charge in [0.15, 0.2) is 5.75 Å². The molecule has 0 radical (unpaired) electrons. The van der Waals surface area contributed by atoms with Crippen molar-refractivity contribution in [3.63, 3.8) is 0 Å². The predicted octanol–water partition coefficient (Wildman–Crippen LogP) is 5.04. The summed E-state index contributed by atoms with van der Waals surface area (Å²) < 4.78 is 18.5. The van der Waals surface area contributed by atoms with Gasteiger partial charge in [0.05, 0.1) is 12.1 Å². The smallest absolute Gasteiger partial charge is 0.334 e. The van der Waals surface area contributed by atoms with Crippen molar-refractivity contribution in [1.82, 2.24) is 0 Å². The molecule has 0 aliphatic carbocycles. The number of esters is 1. The van der Waals surface area contributed by atoms with Gasteiger partial charge in [0, 0.05) is 36.0 Å². The van der Waals surface area contributed by atoms with Gasteiger partial charge in [0.25, 0.3) is 0 Å². The van der Waals surface area contributed by atoms with Crippen LogP contribution in [0.2, 0.25) is 0 Å². The van der Waals surface area contributed by atoms with E-state index in [4.69, 9.17) is 14.2 Å². The zero-order chi connectivity index (χ0) is 29.2. The van der Waals surface area contributed by atoms with Gasteiger partial charge in [0.2, 0.25) is 11.7 Å². The second-order valence-electron chi connectivity index (χ2n) is 11.2. The number of aromatic hydroxyl groups is 1. The molecule has 4 rings (SSSR count). The van der Waals surface area contributed by atoms with Gasteiger partial charge >= 0.3 is 5.97 Å². The van der Waals surface area contributed by atoms with Gasteiger partial charge in [-0.3, -0.25) is 9.59 Å². The average molecular weight is 554 g/mol. The van der Waals surface area contributed by atoms with Crippen LogP contribution >= 0.6 is 0 Å². The first kappa shape index (κ1) is 29.6. The number of fused-ring (bicyclic) bond motifs is 2. The van der Waals surface area contributed by atoms with E-state index in [1.807, 2.05) is 26.8 Å². The van der Waals surface area contributed by atoms with Crippen molar-refractivity contribution in [2.75, 3.05) is 5.32 Å². The highest BCUT2D eigenvalue weighted by Crippen LogP contribution is 2.53. The third-order valence-electron chi connectivity index (χ3n) is 7.71. The van der Waals surface area contributed by atoms with Crippen molar-refractivity contribution in [3.8, 4) is 11.5 Å². The minimum atomic E-state index is -1.23. The number of aliphatic hydroxyl groups is 1. The van der Waals surface area contributed by atoms with Crippen LogP contribution in [-0.2, 0) is 23.9 Å². The van der Waals surface area contributed by atoms with E-state index < -0.39 is 41.9 Å². The van der Waals surface area contributed by atoms with Crippen molar-refractivity contribution >= 4 is 23.3 Å². The van der Waals surface area contributed by atoms with Crippen LogP contribution in [0.5, 0.6) is 11.5 Å². The topological polar surface area (TPSA) is 131 Å². The van der Waals surface area contributed by atoms with Gasteiger partial charge < -0.3 is 29.7 Å². The molecule has 3 N–H and O–H groups in total. The zero-order valence-corrected chi connectivity index (χ0v) is 23.7. The Morgan fingerprint density at radius 2 is 1.98 bits per heavy atom. The van der Waals surface area contributed by atoms with Gasteiger partial charge in [-0.1, -0.05) is 37.6 Å². The van der Waals surface area contributed by atoms with Crippen molar-refractivity contribution in [2.24, 2.45) is 11.8 Å². The van der Waals surface area contributed by atoms with E-state index in [-0.39, 0.29) is 41.6 Å². The van der Waals surface area contributed by atoms with E-state index in [1.165, 1.54) is 18.2 Å². The van der Waals surface area contributed by atoms with Gasteiger partial charge in [-0.05, 0) is 51.7 Å². The minimum absolute atomic E-state index is 0.00254. The molecule has 1 fully saturated rings. The number of ether oxygens (including phenoxy) is 3. The maximum Gasteiger partial charge on any atom is 0.334 e. The summed E-state index contributed by atoms with van der Waals surface area (Å²) in [6.07, 6.45) is 5.73. The van der Waals surface area contributed by atoms with Crippen molar-refractivity contribution < 1.29 is 38.8 Å². The number of rotatable bonds is 3. The quantitative estimate of drug-likeness (QED) is 0.351. The van der Waals surface area contributed by atoms with Crippen LogP contribution in [0.15, 0.2) is 47.6 Å². The van der Waals surface area contributed by atoms with Gasteiger partial charge in [-0.2, -0.15) is 0 Å². The second kappa shape index (κ2) is 12.0. The minimum Gasteiger partial charge on any atom is -0.508 e. The number of carbonyl (C=O) groups is 3. The lowest BCUT2D eigenvalue weighted by Crippen LogP contribution is -2.52. The molecule has 9 nitrogen and oxygen atoms in total. The number of phenols is 1. The number of carbonyl (C=O) groups excluding carboxylic acids is 3. The highest BCUT2D eigenvalue weighted by Gasteiger charge is 2.52. The Kier molecular flexibility index (Phi) is 8.85. The summed E-state index contributed by atoms with van der Waals surface area (Å²) in [5.41, 5.74) is 1.87. The third-order valence-corrected chi connectivity index (χ3v) is 7.71. The molecule has 0 saturated carbocycles. The summed E-state index contributed by atoms with van der Waals surface area (Å²) >= 11 is 0. The lowest BCUT2D eigenvalue weighted by atomic mass is 9.82. The van der Waals surface area contributed by atoms with E-state index in [2.05, 4.69) is 5.32 Å². The molecule has 1 saturated heterocycles. The summed E-state index contributed by atoms with van der Waals surface area (Å²) in [5.74, 6) is -2.46. The van der Waals surface area contributed by atoms with E-state index >= 15 is 0 Å². The largest absolute Gasteiger partial charge is 0.508 e. The standard InChI is InChI=1S/C31H39NO8/c1-6-20-8-9-26(24(34)13-17(2)3)38-30(37)18(4)7-10-27(36)32-23-15-21(33)14-22-28-19(5)25(35)16-31(39-28,12-11-20)40-29(22)23/h7-9,13-15,19-20,24,26,28,33-34H,6,10-12,16H2,1-5H3,(H,32,36)/b9-8+,18-7-/t19-,20-,24-,26-,28-,31-/m0/s1. The Morgan fingerprint density at radius 3 is 2.67 bits per heavy atom. The van der Waals surface area contributed by atoms with E-state index in [9.17, 15) is 24.6 Å². The molecule has 40 heavy (non-hydrogen) atoms. The molecule has 216 valence electrons. The van der Waals surface area contributed by atoms with E-state index in [0.29, 0.717) is 24.2 Å². The molecule has 1 spiro atoms. The summed E-state index contributed by atoms with van der Waals surface area (Å²) in [5, 5.41) is 24.0. The van der Waals surface area contributed by atoms with Crippen molar-refractivity contribution in [2.45, 2.75) is 90.8 Å². The second-order valence-corrected chi connectivity index (χ2v) is 11.2. The highest BCUT2D eigenvalue weighted by molar-refractivity contribution is 5.96. The normalized spacial score (nSPS) is 31.9. The van der Waals surface area contributed by atoms with Crippen LogP contribution in [0.1, 0.15) is 78.4 Å². The SMILES string of the molecule is CC[C@H]1/C=C/[C@@H]([C@@H](O)C=C(C)C)OC(=O)/C(C)=C\CC(=O)Nc2cc(O)cc3c2O[C@@]2(CC1)CC(=O)[C@H](C)[C@@H]3O2. The molecule has 3 heterocycles. The molecule has 3 aliphatic rings. The zero-order valence-electron chi connectivity index (χ0n) is 23.7. The maximum absolute atomic E-state index is 13.1. The van der Waals surface area contributed by atoms with E-state index in [0.717, 1.165) is 12.0 Å². The number of nitrogens with one attached hydrogen (secondary N) is 1. The summed E-state index contributed by atoms with van der Waals surface area (Å²) in [7, 11) is 0. The predicted molar refractivity (Wildman–Crippen MR) is 149 cm³/mol. The Labute approximate surface area is 234 Å². The molecular weight excluding hydrogens is 514 g/mol. The Balaban J connectivity index is 1.76. The number of hydrogen-bond donors (Lipinski definition) is 3. The number of amides is 1. The number of benzene rings is 1. The van der Waals surface area contributed by atoms with Crippen LogP contribution in [0.3, 0.4) is 0 Å². The van der Waals surface area contributed by atoms with Crippen molar-refractivity contribution in [1.29, 1.82) is 0 Å². The fourth-order valence-electron chi connectivity index (χ4n) is 5.32. The fraction of sp³-hybridized carbons (Fsp3) is 0.516. The Hall–Kier alpha value is -3.43. The summed E-state index contributed by atoms with van der Waals surface area (Å²) in [4.78, 5) is 38.8. The monoisotopic (exact) mass is 553 g/mol. The third kappa shape index (κ3) is 6.47. The van der Waals surface area contributed by atoms with Crippen LogP contribution in [0.25, 0.3) is 0 Å². The summed E-state index contributed by atoms with van der Waals surface area (Å²) in [6, 6.07) is 2.91. The van der Waals surface area contributed by atoms with Gasteiger partial charge in [0.1, 0.15) is 29.8 Å². The van der Waals surface area contributed by atoms with Crippen LogP contribution in [0, 0.1) is 11.8 Å². The molecule has 0 unspecified atom stereocenters. The number of ketones is 1. The maximum atomic E-state index is 13.1. The first-order valence-corrected chi connectivity index (χ1v) is 13.9. The number of hydrogen-bond acceptors (Lipinski definition) is 8. The number of allylic oxidation sites excluding steroid dienone is 2. The number of aliphatic hydroxyl groups excluding tert-OH is 1. The molecule has 0 aromatic heterocycles. The molecular formula is C31H39NO8. The van der Waals surface area contributed by atoms with Crippen molar-refractivity contribution in [3.05, 3.63) is 53.1 Å². The molecule has 3 aliphatic heterocycles.